The molecule has 1 unspecified atom stereocenters. The van der Waals surface area contributed by atoms with Crippen LogP contribution in [0.15, 0.2) is 0 Å². The molecular formula is C17H38NO5S+. The molecule has 0 saturated carbocycles. The molecule has 0 fully saturated rings. The average Bonchev–Trinajstić information content (AvgIpc) is 2.49. The molecule has 0 aliphatic carbocycles. The number of ether oxygens (including phenoxy) is 2. The Morgan fingerprint density at radius 2 is 1.38 bits per heavy atom. The molecule has 0 bridgehead atoms. The van der Waals surface area contributed by atoms with Crippen molar-refractivity contribution in [3.05, 3.63) is 0 Å². The van der Waals surface area contributed by atoms with Crippen molar-refractivity contribution in [1.82, 2.24) is 0 Å². The highest BCUT2D eigenvalue weighted by Gasteiger charge is 2.21. The predicted octanol–water partition coefficient (Wildman–Crippen LogP) is 2.73. The van der Waals surface area contributed by atoms with Crippen LogP contribution in [0.4, 0.5) is 0 Å². The SMILES string of the molecule is CCCCC[N+](C)(CCCS(=O)(=O)O)CCOCCOCCCC. The second-order valence-electron chi connectivity index (χ2n) is 6.72. The lowest BCUT2D eigenvalue weighted by molar-refractivity contribution is -0.910. The van der Waals surface area contributed by atoms with Crippen LogP contribution >= 0.6 is 0 Å². The summed E-state index contributed by atoms with van der Waals surface area (Å²) in [6, 6.07) is 0. The van der Waals surface area contributed by atoms with Gasteiger partial charge in [-0.1, -0.05) is 26.7 Å². The van der Waals surface area contributed by atoms with E-state index >= 15 is 0 Å². The van der Waals surface area contributed by atoms with Crippen molar-refractivity contribution in [2.24, 2.45) is 0 Å². The largest absolute Gasteiger partial charge is 0.379 e. The molecule has 0 aliphatic heterocycles. The second kappa shape index (κ2) is 14.0. The number of hydrogen-bond acceptors (Lipinski definition) is 4. The lowest BCUT2D eigenvalue weighted by Gasteiger charge is -2.34. The number of nitrogens with zero attached hydrogens (tertiary/aromatic N) is 1. The molecular weight excluding hydrogens is 330 g/mol. The van der Waals surface area contributed by atoms with E-state index in [1.54, 1.807) is 0 Å². The summed E-state index contributed by atoms with van der Waals surface area (Å²) in [6.07, 6.45) is 6.16. The van der Waals surface area contributed by atoms with Crippen LogP contribution in [0, 0.1) is 0 Å². The maximum Gasteiger partial charge on any atom is 0.265 e. The van der Waals surface area contributed by atoms with E-state index in [2.05, 4.69) is 20.9 Å². The normalized spacial score (nSPS) is 14.7. The van der Waals surface area contributed by atoms with Gasteiger partial charge >= 0.3 is 0 Å². The van der Waals surface area contributed by atoms with Crippen molar-refractivity contribution in [1.29, 1.82) is 0 Å². The maximum absolute atomic E-state index is 10.9. The van der Waals surface area contributed by atoms with Crippen LogP contribution in [0.3, 0.4) is 0 Å². The minimum Gasteiger partial charge on any atom is -0.379 e. The lowest BCUT2D eigenvalue weighted by atomic mass is 10.2. The Kier molecular flexibility index (Phi) is 13.9. The smallest absolute Gasteiger partial charge is 0.265 e. The minimum absolute atomic E-state index is 0.166. The molecule has 0 spiro atoms. The highest BCUT2D eigenvalue weighted by atomic mass is 32.2. The van der Waals surface area contributed by atoms with Gasteiger partial charge < -0.3 is 14.0 Å². The van der Waals surface area contributed by atoms with E-state index in [-0.39, 0.29) is 5.75 Å². The van der Waals surface area contributed by atoms with Gasteiger partial charge in [0.2, 0.25) is 0 Å². The molecule has 0 heterocycles. The van der Waals surface area contributed by atoms with Crippen molar-refractivity contribution in [3.63, 3.8) is 0 Å². The first-order valence-electron chi connectivity index (χ1n) is 9.27. The minimum atomic E-state index is -3.87. The zero-order valence-electron chi connectivity index (χ0n) is 15.8. The molecule has 0 rings (SSSR count). The van der Waals surface area contributed by atoms with E-state index in [1.165, 1.54) is 6.42 Å². The van der Waals surface area contributed by atoms with Gasteiger partial charge in [-0.2, -0.15) is 8.42 Å². The number of rotatable bonds is 17. The van der Waals surface area contributed by atoms with Gasteiger partial charge in [0.1, 0.15) is 6.54 Å². The van der Waals surface area contributed by atoms with Gasteiger partial charge in [0, 0.05) is 13.0 Å². The fourth-order valence-corrected chi connectivity index (χ4v) is 3.05. The van der Waals surface area contributed by atoms with Crippen molar-refractivity contribution in [3.8, 4) is 0 Å². The third-order valence-electron chi connectivity index (χ3n) is 4.19. The molecule has 0 aromatic heterocycles. The van der Waals surface area contributed by atoms with Crippen molar-refractivity contribution in [2.75, 3.05) is 58.9 Å². The van der Waals surface area contributed by atoms with Crippen molar-refractivity contribution < 1.29 is 26.9 Å². The molecule has 0 aromatic carbocycles. The molecule has 0 saturated heterocycles. The summed E-state index contributed by atoms with van der Waals surface area (Å²) in [6.45, 7) is 9.57. The number of quaternary nitrogens is 1. The summed E-state index contributed by atoms with van der Waals surface area (Å²) in [5.41, 5.74) is 0. The predicted molar refractivity (Wildman–Crippen MR) is 97.9 cm³/mol. The number of hydrogen-bond donors (Lipinski definition) is 1. The molecule has 1 atom stereocenters. The first-order chi connectivity index (χ1) is 11.3. The molecule has 7 heteroatoms. The Morgan fingerprint density at radius 3 is 1.96 bits per heavy atom. The standard InChI is InChI=1S/C17H37NO5S/c1-4-6-8-10-18(3,11-9-17-24(19,20)21)12-14-23-16-15-22-13-7-5-2/h4-17H2,1-3H3/p+1. The van der Waals surface area contributed by atoms with E-state index in [4.69, 9.17) is 14.0 Å². The molecule has 6 nitrogen and oxygen atoms in total. The first-order valence-corrected chi connectivity index (χ1v) is 10.9. The molecule has 146 valence electrons. The van der Waals surface area contributed by atoms with Crippen LogP contribution in [-0.2, 0) is 19.6 Å². The van der Waals surface area contributed by atoms with E-state index in [0.29, 0.717) is 26.2 Å². The quantitative estimate of drug-likeness (QED) is 0.243. The summed E-state index contributed by atoms with van der Waals surface area (Å²) in [5.74, 6) is -0.166. The number of likely N-dealkylation sites (N-methyl/N-ethyl adjacent to an activating group) is 1. The van der Waals surface area contributed by atoms with E-state index < -0.39 is 10.1 Å². The molecule has 0 amide bonds. The molecule has 24 heavy (non-hydrogen) atoms. The Bertz CT molecular complexity index is 388. The van der Waals surface area contributed by atoms with Gasteiger partial charge in [-0.25, -0.2) is 0 Å². The van der Waals surface area contributed by atoms with Gasteiger partial charge in [-0.05, 0) is 19.3 Å². The summed E-state index contributed by atoms with van der Waals surface area (Å²) in [5, 5.41) is 0. The van der Waals surface area contributed by atoms with Crippen LogP contribution in [0.5, 0.6) is 0 Å². The molecule has 0 aromatic rings. The Balaban J connectivity index is 4.05. The van der Waals surface area contributed by atoms with Gasteiger partial charge in [0.15, 0.2) is 0 Å². The second-order valence-corrected chi connectivity index (χ2v) is 8.29. The van der Waals surface area contributed by atoms with Crippen LogP contribution in [0.2, 0.25) is 0 Å². The summed E-state index contributed by atoms with van der Waals surface area (Å²) in [4.78, 5) is 0. The van der Waals surface area contributed by atoms with Crippen molar-refractivity contribution in [2.45, 2.75) is 52.4 Å². The van der Waals surface area contributed by atoms with Crippen LogP contribution < -0.4 is 0 Å². The van der Waals surface area contributed by atoms with Crippen LogP contribution in [0.1, 0.15) is 52.4 Å². The average molecular weight is 369 g/mol. The Morgan fingerprint density at radius 1 is 0.792 bits per heavy atom. The summed E-state index contributed by atoms with van der Waals surface area (Å²) >= 11 is 0. The fraction of sp³-hybridized carbons (Fsp3) is 1.00. The molecule has 1 N–H and O–H groups in total. The monoisotopic (exact) mass is 368 g/mol. The lowest BCUT2D eigenvalue weighted by Crippen LogP contribution is -2.48. The molecule has 0 aliphatic rings. The Hall–Kier alpha value is -0.210. The third-order valence-corrected chi connectivity index (χ3v) is 5.00. The summed E-state index contributed by atoms with van der Waals surface area (Å²) < 4.78 is 42.6. The highest BCUT2D eigenvalue weighted by Crippen LogP contribution is 2.09. The third kappa shape index (κ3) is 15.3. The highest BCUT2D eigenvalue weighted by molar-refractivity contribution is 7.85. The van der Waals surface area contributed by atoms with Crippen molar-refractivity contribution >= 4 is 10.1 Å². The first kappa shape index (κ1) is 23.8. The molecule has 0 radical (unpaired) electrons. The topological polar surface area (TPSA) is 72.8 Å². The fourth-order valence-electron chi connectivity index (χ4n) is 2.56. The van der Waals surface area contributed by atoms with Gasteiger partial charge in [0.05, 0.1) is 45.7 Å². The number of unbranched alkanes of at least 4 members (excludes halogenated alkanes) is 3. The van der Waals surface area contributed by atoms with E-state index in [1.807, 2.05) is 0 Å². The van der Waals surface area contributed by atoms with Gasteiger partial charge in [0.25, 0.3) is 10.1 Å². The van der Waals surface area contributed by atoms with Gasteiger partial charge in [-0.3, -0.25) is 4.55 Å². The van der Waals surface area contributed by atoms with Crippen LogP contribution in [-0.4, -0.2) is 76.3 Å². The summed E-state index contributed by atoms with van der Waals surface area (Å²) in [7, 11) is -1.73. The maximum atomic E-state index is 10.9. The van der Waals surface area contributed by atoms with Gasteiger partial charge in [-0.15, -0.1) is 0 Å². The zero-order chi connectivity index (χ0) is 18.3. The van der Waals surface area contributed by atoms with E-state index in [9.17, 15) is 8.42 Å². The van der Waals surface area contributed by atoms with E-state index in [0.717, 1.165) is 56.4 Å². The zero-order valence-corrected chi connectivity index (χ0v) is 16.7. The van der Waals surface area contributed by atoms with Crippen LogP contribution in [0.25, 0.3) is 0 Å². The Labute approximate surface area is 148 Å².